The zero-order valence-electron chi connectivity index (χ0n) is 12.6. The maximum absolute atomic E-state index is 11.0. The van der Waals surface area contributed by atoms with Gasteiger partial charge in [0, 0.05) is 28.8 Å². The third kappa shape index (κ3) is 3.14. The number of hydrogen-bond acceptors (Lipinski definition) is 4. The van der Waals surface area contributed by atoms with E-state index in [0.717, 1.165) is 33.2 Å². The van der Waals surface area contributed by atoms with Crippen LogP contribution < -0.4 is 15.8 Å². The molecule has 1 heterocycles. The molecule has 0 atom stereocenters. The lowest BCUT2D eigenvalue weighted by atomic mass is 10.1. The molecule has 6 heteroatoms. The van der Waals surface area contributed by atoms with Gasteiger partial charge in [0.2, 0.25) is 5.91 Å². The Hall–Kier alpha value is -2.53. The van der Waals surface area contributed by atoms with Gasteiger partial charge in [-0.15, -0.1) is 0 Å². The number of methoxy groups -OCH3 is 1. The number of nitrogens with one attached hydrogen (secondary N) is 1. The fourth-order valence-corrected chi connectivity index (χ4v) is 2.69. The number of hydrogen-bond donors (Lipinski definition) is 2. The van der Waals surface area contributed by atoms with Gasteiger partial charge in [-0.1, -0.05) is 11.6 Å². The van der Waals surface area contributed by atoms with Crippen molar-refractivity contribution in [3.63, 3.8) is 0 Å². The molecule has 0 aliphatic carbocycles. The summed E-state index contributed by atoms with van der Waals surface area (Å²) in [7, 11) is 1.62. The number of fused-ring (bicyclic) bond motifs is 2. The molecule has 5 nitrogen and oxygen atoms in total. The molecule has 0 unspecified atom stereocenters. The van der Waals surface area contributed by atoms with Gasteiger partial charge in [0.1, 0.15) is 5.75 Å². The fourth-order valence-electron chi connectivity index (χ4n) is 2.52. The van der Waals surface area contributed by atoms with Crippen LogP contribution in [0.2, 0.25) is 5.02 Å². The molecule has 3 aromatic rings. The number of amides is 1. The summed E-state index contributed by atoms with van der Waals surface area (Å²) in [6.07, 6.45) is 0.253. The smallest absolute Gasteiger partial charge is 0.219 e. The number of aromatic nitrogens is 1. The highest BCUT2D eigenvalue weighted by molar-refractivity contribution is 6.31. The van der Waals surface area contributed by atoms with Gasteiger partial charge < -0.3 is 15.8 Å². The summed E-state index contributed by atoms with van der Waals surface area (Å²) in [5.74, 6) is 0.395. The van der Waals surface area contributed by atoms with Crippen LogP contribution in [-0.4, -0.2) is 24.5 Å². The number of ether oxygens (including phenoxy) is 1. The van der Waals surface area contributed by atoms with Gasteiger partial charge in [0.05, 0.1) is 23.8 Å². The minimum atomic E-state index is -0.346. The van der Waals surface area contributed by atoms with Crippen molar-refractivity contribution in [3.05, 3.63) is 41.4 Å². The standard InChI is InChI=1S/C17H16ClN3O2/c1-23-11-3-5-14-13(9-11)17(20-7-6-16(19)22)12-4-2-10(18)8-15(12)21-14/h2-5,8-9H,6-7H2,1H3,(H2,19,22)(H,20,21). The summed E-state index contributed by atoms with van der Waals surface area (Å²) in [5, 5.41) is 5.77. The van der Waals surface area contributed by atoms with Crippen LogP contribution in [0.1, 0.15) is 6.42 Å². The molecule has 0 saturated carbocycles. The van der Waals surface area contributed by atoms with Crippen LogP contribution in [0, 0.1) is 0 Å². The summed E-state index contributed by atoms with van der Waals surface area (Å²) in [4.78, 5) is 15.6. The van der Waals surface area contributed by atoms with Gasteiger partial charge in [-0.25, -0.2) is 4.98 Å². The van der Waals surface area contributed by atoms with Crippen LogP contribution in [0.4, 0.5) is 5.69 Å². The SMILES string of the molecule is COc1ccc2nc3cc(Cl)ccc3c(NCCC(N)=O)c2c1. The van der Waals surface area contributed by atoms with E-state index in [0.29, 0.717) is 11.6 Å². The molecule has 118 valence electrons. The highest BCUT2D eigenvalue weighted by Crippen LogP contribution is 2.34. The van der Waals surface area contributed by atoms with Crippen molar-refractivity contribution in [1.82, 2.24) is 4.98 Å². The Labute approximate surface area is 138 Å². The molecule has 0 aliphatic rings. The topological polar surface area (TPSA) is 77.2 Å². The molecule has 0 spiro atoms. The minimum Gasteiger partial charge on any atom is -0.497 e. The number of nitrogens with two attached hydrogens (primary N) is 1. The normalized spacial score (nSPS) is 10.9. The third-order valence-corrected chi connectivity index (χ3v) is 3.85. The number of carbonyl (C=O) groups excluding carboxylic acids is 1. The first-order valence-corrected chi connectivity index (χ1v) is 7.55. The second kappa shape index (κ2) is 6.30. The maximum atomic E-state index is 11.0. The lowest BCUT2D eigenvalue weighted by Gasteiger charge is -2.14. The molecule has 2 aromatic carbocycles. The molecule has 0 fully saturated rings. The zero-order valence-corrected chi connectivity index (χ0v) is 13.4. The highest BCUT2D eigenvalue weighted by atomic mass is 35.5. The Kier molecular flexibility index (Phi) is 4.21. The number of rotatable bonds is 5. The van der Waals surface area contributed by atoms with Crippen LogP contribution in [0.3, 0.4) is 0 Å². The summed E-state index contributed by atoms with van der Waals surface area (Å²) < 4.78 is 5.30. The number of primary amides is 1. The average molecular weight is 330 g/mol. The van der Waals surface area contributed by atoms with Crippen LogP contribution in [0.15, 0.2) is 36.4 Å². The summed E-state index contributed by atoms with van der Waals surface area (Å²) >= 11 is 6.07. The Morgan fingerprint density at radius 2 is 2.04 bits per heavy atom. The molecule has 0 aliphatic heterocycles. The Morgan fingerprint density at radius 3 is 2.78 bits per heavy atom. The van der Waals surface area contributed by atoms with E-state index in [1.807, 2.05) is 36.4 Å². The predicted octanol–water partition coefficient (Wildman–Crippen LogP) is 3.34. The van der Waals surface area contributed by atoms with Crippen LogP contribution in [0.5, 0.6) is 5.75 Å². The molecule has 23 heavy (non-hydrogen) atoms. The van der Waals surface area contributed by atoms with E-state index < -0.39 is 0 Å². The van der Waals surface area contributed by atoms with Crippen molar-refractivity contribution in [2.24, 2.45) is 5.73 Å². The van der Waals surface area contributed by atoms with E-state index >= 15 is 0 Å². The van der Waals surface area contributed by atoms with Gasteiger partial charge in [-0.2, -0.15) is 0 Å². The molecule has 1 amide bonds. The number of halogens is 1. The van der Waals surface area contributed by atoms with E-state index in [-0.39, 0.29) is 12.3 Å². The van der Waals surface area contributed by atoms with Gasteiger partial charge in [0.15, 0.2) is 0 Å². The van der Waals surface area contributed by atoms with E-state index in [2.05, 4.69) is 10.3 Å². The molecule has 0 radical (unpaired) electrons. The number of carbonyl (C=O) groups is 1. The monoisotopic (exact) mass is 329 g/mol. The van der Waals surface area contributed by atoms with Crippen molar-refractivity contribution < 1.29 is 9.53 Å². The first kappa shape index (κ1) is 15.4. The number of benzene rings is 2. The Morgan fingerprint density at radius 1 is 1.22 bits per heavy atom. The van der Waals surface area contributed by atoms with E-state index in [1.54, 1.807) is 7.11 Å². The average Bonchev–Trinajstić information content (AvgIpc) is 2.53. The van der Waals surface area contributed by atoms with Crippen molar-refractivity contribution >= 4 is 45.0 Å². The van der Waals surface area contributed by atoms with E-state index in [1.165, 1.54) is 0 Å². The van der Waals surface area contributed by atoms with E-state index in [9.17, 15) is 4.79 Å². The van der Waals surface area contributed by atoms with Crippen molar-refractivity contribution in [2.45, 2.75) is 6.42 Å². The Balaban J connectivity index is 2.20. The van der Waals surface area contributed by atoms with Crippen LogP contribution in [-0.2, 0) is 4.79 Å². The lowest BCUT2D eigenvalue weighted by Crippen LogP contribution is -2.16. The van der Waals surface area contributed by atoms with E-state index in [4.69, 9.17) is 22.1 Å². The van der Waals surface area contributed by atoms with Gasteiger partial charge in [-0.3, -0.25) is 4.79 Å². The van der Waals surface area contributed by atoms with Gasteiger partial charge in [-0.05, 0) is 36.4 Å². The Bertz CT molecular complexity index is 896. The first-order chi connectivity index (χ1) is 11.1. The number of anilines is 1. The molecule has 3 N–H and O–H groups in total. The third-order valence-electron chi connectivity index (χ3n) is 3.62. The molecule has 3 rings (SSSR count). The lowest BCUT2D eigenvalue weighted by molar-refractivity contribution is -0.117. The first-order valence-electron chi connectivity index (χ1n) is 7.17. The van der Waals surface area contributed by atoms with Gasteiger partial charge in [0.25, 0.3) is 0 Å². The molecule has 1 aromatic heterocycles. The van der Waals surface area contributed by atoms with Crippen LogP contribution >= 0.6 is 11.6 Å². The second-order valence-corrected chi connectivity index (χ2v) is 5.61. The minimum absolute atomic E-state index is 0.253. The van der Waals surface area contributed by atoms with Crippen LogP contribution in [0.25, 0.3) is 21.8 Å². The molecule has 0 saturated heterocycles. The van der Waals surface area contributed by atoms with Gasteiger partial charge >= 0.3 is 0 Å². The zero-order chi connectivity index (χ0) is 16.4. The quantitative estimate of drug-likeness (QED) is 0.704. The molecule has 0 bridgehead atoms. The fraction of sp³-hybridized carbons (Fsp3) is 0.176. The summed E-state index contributed by atoms with van der Waals surface area (Å²) in [6.45, 7) is 0.448. The highest BCUT2D eigenvalue weighted by Gasteiger charge is 2.11. The second-order valence-electron chi connectivity index (χ2n) is 5.17. The van der Waals surface area contributed by atoms with Crippen molar-refractivity contribution in [1.29, 1.82) is 0 Å². The maximum Gasteiger partial charge on any atom is 0.219 e. The van der Waals surface area contributed by atoms with Crippen molar-refractivity contribution in [2.75, 3.05) is 19.0 Å². The number of pyridine rings is 1. The predicted molar refractivity (Wildman–Crippen MR) is 93.1 cm³/mol. The largest absolute Gasteiger partial charge is 0.497 e. The molecular formula is C17H16ClN3O2. The summed E-state index contributed by atoms with van der Waals surface area (Å²) in [6, 6.07) is 11.2. The number of nitrogens with zero attached hydrogens (tertiary/aromatic N) is 1. The van der Waals surface area contributed by atoms with Crippen molar-refractivity contribution in [3.8, 4) is 5.75 Å². The molecular weight excluding hydrogens is 314 g/mol. The summed E-state index contributed by atoms with van der Waals surface area (Å²) in [5.41, 5.74) is 7.72.